The van der Waals surface area contributed by atoms with E-state index < -0.39 is 6.43 Å². The summed E-state index contributed by atoms with van der Waals surface area (Å²) in [6.45, 7) is 6.51. The van der Waals surface area contributed by atoms with Crippen LogP contribution in [-0.2, 0) is 13.1 Å². The molecular weight excluding hydrogens is 434 g/mol. The number of hydrogen-bond acceptors (Lipinski definition) is 6. The second-order valence-corrected chi connectivity index (χ2v) is 9.14. The van der Waals surface area contributed by atoms with Gasteiger partial charge < -0.3 is 10.2 Å². The Bertz CT molecular complexity index is 1070. The van der Waals surface area contributed by atoms with Crippen molar-refractivity contribution in [1.29, 1.82) is 0 Å². The van der Waals surface area contributed by atoms with Crippen LogP contribution in [0.4, 0.5) is 14.6 Å². The van der Waals surface area contributed by atoms with Gasteiger partial charge in [0.1, 0.15) is 11.6 Å². The molecule has 3 aromatic rings. The molecule has 1 saturated heterocycles. The number of alkyl halides is 2. The van der Waals surface area contributed by atoms with Crippen LogP contribution in [0, 0.1) is 0 Å². The predicted molar refractivity (Wildman–Crippen MR) is 133 cm³/mol. The smallest absolute Gasteiger partial charge is 0.264 e. The van der Waals surface area contributed by atoms with Crippen molar-refractivity contribution in [2.45, 2.75) is 25.9 Å². The maximum atomic E-state index is 13.3. The maximum absolute atomic E-state index is 13.3. The van der Waals surface area contributed by atoms with E-state index in [0.717, 1.165) is 68.2 Å². The lowest BCUT2D eigenvalue weighted by Gasteiger charge is -2.34. The van der Waals surface area contributed by atoms with Gasteiger partial charge in [0.25, 0.3) is 6.43 Å². The largest absolute Gasteiger partial charge is 0.369 e. The third-order valence-electron chi connectivity index (χ3n) is 6.24. The monoisotopic (exact) mass is 468 g/mol. The molecule has 2 heterocycles. The van der Waals surface area contributed by atoms with E-state index in [0.29, 0.717) is 18.7 Å². The molecule has 2 aromatic carbocycles. The Morgan fingerprint density at radius 1 is 0.912 bits per heavy atom. The fourth-order valence-electron chi connectivity index (χ4n) is 4.37. The molecular formula is C26H34F2N6. The molecule has 1 aliphatic heterocycles. The van der Waals surface area contributed by atoms with E-state index in [1.54, 1.807) is 6.07 Å². The first-order chi connectivity index (χ1) is 16.5. The van der Waals surface area contributed by atoms with Gasteiger partial charge in [-0.3, -0.25) is 9.80 Å². The highest BCUT2D eigenvalue weighted by molar-refractivity contribution is 5.88. The molecule has 0 atom stereocenters. The van der Waals surface area contributed by atoms with E-state index in [4.69, 9.17) is 9.97 Å². The highest BCUT2D eigenvalue weighted by Crippen LogP contribution is 2.24. The standard InChI is InChI=1S/C26H34F2N6/c1-32(2)13-7-12-29-26-22-10-5-6-11-23(22)30-24(31-26)19-34-16-14-33(15-17-34)18-20-8-3-4-9-21(20)25(27)28/h3-6,8-11,25H,7,12-19H2,1-2H3,(H,29,30,31). The summed E-state index contributed by atoms with van der Waals surface area (Å²) in [4.78, 5) is 16.4. The molecule has 182 valence electrons. The van der Waals surface area contributed by atoms with Crippen molar-refractivity contribution in [2.24, 2.45) is 0 Å². The van der Waals surface area contributed by atoms with E-state index in [9.17, 15) is 8.78 Å². The number of rotatable bonds is 10. The molecule has 4 rings (SSSR count). The van der Waals surface area contributed by atoms with Crippen LogP contribution in [0.25, 0.3) is 10.9 Å². The van der Waals surface area contributed by atoms with Crippen molar-refractivity contribution in [3.8, 4) is 0 Å². The second kappa shape index (κ2) is 11.6. The number of nitrogens with zero attached hydrogens (tertiary/aromatic N) is 5. The SMILES string of the molecule is CN(C)CCCNc1nc(CN2CCN(Cc3ccccc3C(F)F)CC2)nc2ccccc12. The van der Waals surface area contributed by atoms with Gasteiger partial charge in [0.15, 0.2) is 0 Å². The Morgan fingerprint density at radius 2 is 1.59 bits per heavy atom. The minimum Gasteiger partial charge on any atom is -0.369 e. The van der Waals surface area contributed by atoms with Crippen LogP contribution in [-0.4, -0.2) is 78.0 Å². The predicted octanol–water partition coefficient (Wildman–Crippen LogP) is 4.25. The van der Waals surface area contributed by atoms with Gasteiger partial charge >= 0.3 is 0 Å². The quantitative estimate of drug-likeness (QED) is 0.449. The lowest BCUT2D eigenvalue weighted by Crippen LogP contribution is -2.45. The summed E-state index contributed by atoms with van der Waals surface area (Å²) >= 11 is 0. The second-order valence-electron chi connectivity index (χ2n) is 9.14. The highest BCUT2D eigenvalue weighted by Gasteiger charge is 2.21. The minimum atomic E-state index is -2.44. The number of anilines is 1. The van der Waals surface area contributed by atoms with E-state index in [1.807, 2.05) is 30.3 Å². The number of aromatic nitrogens is 2. The van der Waals surface area contributed by atoms with Gasteiger partial charge in [-0.2, -0.15) is 0 Å². The molecule has 1 aliphatic rings. The Hall–Kier alpha value is -2.68. The van der Waals surface area contributed by atoms with Crippen LogP contribution in [0.1, 0.15) is 29.8 Å². The minimum absolute atomic E-state index is 0.139. The molecule has 0 aliphatic carbocycles. The lowest BCUT2D eigenvalue weighted by atomic mass is 10.1. The molecule has 0 bridgehead atoms. The first kappa shape index (κ1) is 24.4. The number of piperazine rings is 1. The average Bonchev–Trinajstić information content (AvgIpc) is 2.83. The molecule has 1 fully saturated rings. The van der Waals surface area contributed by atoms with Crippen LogP contribution in [0.3, 0.4) is 0 Å². The van der Waals surface area contributed by atoms with Crippen molar-refractivity contribution in [3.63, 3.8) is 0 Å². The van der Waals surface area contributed by atoms with E-state index in [2.05, 4.69) is 40.2 Å². The molecule has 6 nitrogen and oxygen atoms in total. The van der Waals surface area contributed by atoms with Crippen molar-refractivity contribution in [1.82, 2.24) is 24.7 Å². The Morgan fingerprint density at radius 3 is 2.32 bits per heavy atom. The van der Waals surface area contributed by atoms with Gasteiger partial charge in [-0.1, -0.05) is 36.4 Å². The molecule has 0 amide bonds. The van der Waals surface area contributed by atoms with Crippen molar-refractivity contribution in [2.75, 3.05) is 58.7 Å². The van der Waals surface area contributed by atoms with Crippen LogP contribution in [0.15, 0.2) is 48.5 Å². The zero-order valence-corrected chi connectivity index (χ0v) is 20.1. The first-order valence-electron chi connectivity index (χ1n) is 11.9. The van der Waals surface area contributed by atoms with Crippen molar-refractivity contribution < 1.29 is 8.78 Å². The van der Waals surface area contributed by atoms with E-state index in [-0.39, 0.29) is 5.56 Å². The van der Waals surface area contributed by atoms with Crippen molar-refractivity contribution >= 4 is 16.7 Å². The number of benzene rings is 2. The van der Waals surface area contributed by atoms with E-state index >= 15 is 0 Å². The average molecular weight is 469 g/mol. The van der Waals surface area contributed by atoms with Gasteiger partial charge in [0.2, 0.25) is 0 Å². The van der Waals surface area contributed by atoms with Crippen LogP contribution >= 0.6 is 0 Å². The molecule has 1 N–H and O–H groups in total. The van der Waals surface area contributed by atoms with Gasteiger partial charge in [-0.15, -0.1) is 0 Å². The Balaban J connectivity index is 1.37. The number of para-hydroxylation sites is 1. The Labute approximate surface area is 200 Å². The Kier molecular flexibility index (Phi) is 8.37. The summed E-state index contributed by atoms with van der Waals surface area (Å²) in [5.74, 6) is 1.70. The third kappa shape index (κ3) is 6.46. The summed E-state index contributed by atoms with van der Waals surface area (Å²) in [5, 5.41) is 4.54. The van der Waals surface area contributed by atoms with Gasteiger partial charge in [0.05, 0.1) is 12.1 Å². The molecule has 8 heteroatoms. The van der Waals surface area contributed by atoms with Crippen molar-refractivity contribution in [3.05, 3.63) is 65.5 Å². The fourth-order valence-corrected chi connectivity index (χ4v) is 4.37. The lowest BCUT2D eigenvalue weighted by molar-refractivity contribution is 0.116. The molecule has 34 heavy (non-hydrogen) atoms. The summed E-state index contributed by atoms with van der Waals surface area (Å²) in [6, 6.07) is 15.0. The highest BCUT2D eigenvalue weighted by atomic mass is 19.3. The van der Waals surface area contributed by atoms with Crippen LogP contribution in [0.5, 0.6) is 0 Å². The normalized spacial score (nSPS) is 15.5. The zero-order chi connectivity index (χ0) is 23.9. The maximum Gasteiger partial charge on any atom is 0.264 e. The van der Waals surface area contributed by atoms with Gasteiger partial charge in [-0.25, -0.2) is 18.7 Å². The zero-order valence-electron chi connectivity index (χ0n) is 20.1. The van der Waals surface area contributed by atoms with Crippen LogP contribution < -0.4 is 5.32 Å². The summed E-state index contributed by atoms with van der Waals surface area (Å²) in [5.41, 5.74) is 1.80. The summed E-state index contributed by atoms with van der Waals surface area (Å²) in [7, 11) is 4.16. The summed E-state index contributed by atoms with van der Waals surface area (Å²) < 4.78 is 26.6. The molecule has 0 unspecified atom stereocenters. The third-order valence-corrected chi connectivity index (χ3v) is 6.24. The summed E-state index contributed by atoms with van der Waals surface area (Å²) in [6.07, 6.45) is -1.40. The fraction of sp³-hybridized carbons (Fsp3) is 0.462. The molecule has 0 radical (unpaired) electrons. The first-order valence-corrected chi connectivity index (χ1v) is 11.9. The van der Waals surface area contributed by atoms with Crippen LogP contribution in [0.2, 0.25) is 0 Å². The number of fused-ring (bicyclic) bond motifs is 1. The number of nitrogens with one attached hydrogen (secondary N) is 1. The molecule has 0 saturated carbocycles. The van der Waals surface area contributed by atoms with E-state index in [1.165, 1.54) is 6.07 Å². The van der Waals surface area contributed by atoms with Gasteiger partial charge in [0, 0.05) is 50.2 Å². The number of halogens is 2. The molecule has 1 aromatic heterocycles. The molecule has 0 spiro atoms. The van der Waals surface area contributed by atoms with Gasteiger partial charge in [-0.05, 0) is 44.8 Å². The topological polar surface area (TPSA) is 47.5 Å². The number of hydrogen-bond donors (Lipinski definition) is 1.